The van der Waals surface area contributed by atoms with Crippen molar-refractivity contribution in [2.24, 2.45) is 0 Å². The second kappa shape index (κ2) is 5.63. The minimum Gasteiger partial charge on any atom is -0.314 e. The van der Waals surface area contributed by atoms with Crippen LogP contribution in [0, 0.1) is 13.8 Å². The molecule has 0 unspecified atom stereocenters. The SMILES string of the molecule is CNCc1cccc(Cn2nc(C)c(Br)c2C)n1. The zero-order chi connectivity index (χ0) is 13.1. The van der Waals surface area contributed by atoms with Crippen molar-refractivity contribution in [1.29, 1.82) is 0 Å². The van der Waals surface area contributed by atoms with Gasteiger partial charge in [-0.1, -0.05) is 6.07 Å². The average molecular weight is 309 g/mol. The molecule has 2 rings (SSSR count). The van der Waals surface area contributed by atoms with Crippen LogP contribution >= 0.6 is 15.9 Å². The molecular weight excluding hydrogens is 292 g/mol. The number of pyridine rings is 1. The molecule has 2 aromatic rings. The number of hydrogen-bond acceptors (Lipinski definition) is 3. The predicted molar refractivity (Wildman–Crippen MR) is 75.5 cm³/mol. The Morgan fingerprint density at radius 1 is 1.28 bits per heavy atom. The van der Waals surface area contributed by atoms with E-state index in [9.17, 15) is 0 Å². The standard InChI is InChI=1S/C13H17BrN4/c1-9-13(14)10(2)18(17-9)8-12-6-4-5-11(16-12)7-15-3/h4-6,15H,7-8H2,1-3H3. The molecule has 0 aliphatic carbocycles. The fourth-order valence-electron chi connectivity index (χ4n) is 1.88. The maximum absolute atomic E-state index is 4.60. The van der Waals surface area contributed by atoms with Crippen LogP contribution in [0.1, 0.15) is 22.8 Å². The van der Waals surface area contributed by atoms with Crippen LogP contribution in [0.25, 0.3) is 0 Å². The summed E-state index contributed by atoms with van der Waals surface area (Å²) in [6, 6.07) is 6.09. The number of halogens is 1. The Kier molecular flexibility index (Phi) is 4.14. The Hall–Kier alpha value is -1.20. The van der Waals surface area contributed by atoms with Gasteiger partial charge in [0.1, 0.15) is 0 Å². The van der Waals surface area contributed by atoms with Gasteiger partial charge in [-0.3, -0.25) is 9.67 Å². The highest BCUT2D eigenvalue weighted by Crippen LogP contribution is 2.20. The highest BCUT2D eigenvalue weighted by atomic mass is 79.9. The molecule has 0 aromatic carbocycles. The van der Waals surface area contributed by atoms with Crippen molar-refractivity contribution in [3.8, 4) is 0 Å². The number of rotatable bonds is 4. The van der Waals surface area contributed by atoms with E-state index < -0.39 is 0 Å². The molecule has 0 saturated carbocycles. The second-order valence-electron chi connectivity index (χ2n) is 4.29. The fraction of sp³-hybridized carbons (Fsp3) is 0.385. The lowest BCUT2D eigenvalue weighted by atomic mass is 10.3. The van der Waals surface area contributed by atoms with Crippen molar-refractivity contribution in [1.82, 2.24) is 20.1 Å². The Morgan fingerprint density at radius 3 is 2.61 bits per heavy atom. The molecule has 0 amide bonds. The summed E-state index contributed by atoms with van der Waals surface area (Å²) < 4.78 is 3.05. The summed E-state index contributed by atoms with van der Waals surface area (Å²) in [4.78, 5) is 4.60. The van der Waals surface area contributed by atoms with E-state index in [-0.39, 0.29) is 0 Å². The second-order valence-corrected chi connectivity index (χ2v) is 5.09. The number of aromatic nitrogens is 3. The molecule has 0 radical (unpaired) electrons. The molecule has 2 heterocycles. The van der Waals surface area contributed by atoms with Gasteiger partial charge < -0.3 is 5.32 Å². The number of aryl methyl sites for hydroxylation is 1. The number of nitrogens with one attached hydrogen (secondary N) is 1. The van der Waals surface area contributed by atoms with Crippen molar-refractivity contribution < 1.29 is 0 Å². The van der Waals surface area contributed by atoms with Crippen molar-refractivity contribution >= 4 is 15.9 Å². The molecule has 0 spiro atoms. The minimum atomic E-state index is 0.704. The maximum atomic E-state index is 4.60. The van der Waals surface area contributed by atoms with Crippen LogP contribution in [0.2, 0.25) is 0 Å². The first-order valence-electron chi connectivity index (χ1n) is 5.90. The first kappa shape index (κ1) is 13.2. The largest absolute Gasteiger partial charge is 0.314 e. The number of nitrogens with zero attached hydrogens (tertiary/aromatic N) is 3. The van der Waals surface area contributed by atoms with Crippen LogP contribution in [-0.2, 0) is 13.1 Å². The monoisotopic (exact) mass is 308 g/mol. The van der Waals surface area contributed by atoms with Crippen LogP contribution < -0.4 is 5.32 Å². The normalized spacial score (nSPS) is 10.9. The molecule has 0 aliphatic rings. The Labute approximate surface area is 116 Å². The van der Waals surface area contributed by atoms with E-state index in [0.717, 1.165) is 33.8 Å². The summed E-state index contributed by atoms with van der Waals surface area (Å²) >= 11 is 3.54. The quantitative estimate of drug-likeness (QED) is 0.943. The molecule has 18 heavy (non-hydrogen) atoms. The van der Waals surface area contributed by atoms with Gasteiger partial charge in [-0.2, -0.15) is 5.10 Å². The summed E-state index contributed by atoms with van der Waals surface area (Å²) in [6.45, 7) is 5.55. The lowest BCUT2D eigenvalue weighted by Gasteiger charge is -2.06. The van der Waals surface area contributed by atoms with E-state index in [1.165, 1.54) is 0 Å². The smallest absolute Gasteiger partial charge is 0.0835 e. The van der Waals surface area contributed by atoms with E-state index in [2.05, 4.69) is 38.3 Å². The van der Waals surface area contributed by atoms with Crippen LogP contribution in [-0.4, -0.2) is 21.8 Å². The van der Waals surface area contributed by atoms with Gasteiger partial charge >= 0.3 is 0 Å². The summed E-state index contributed by atoms with van der Waals surface area (Å²) in [5.41, 5.74) is 4.23. The highest BCUT2D eigenvalue weighted by molar-refractivity contribution is 9.10. The van der Waals surface area contributed by atoms with E-state index in [1.807, 2.05) is 36.9 Å². The van der Waals surface area contributed by atoms with Crippen molar-refractivity contribution in [3.05, 3.63) is 45.4 Å². The van der Waals surface area contributed by atoms with Gasteiger partial charge in [0.15, 0.2) is 0 Å². The molecule has 0 aliphatic heterocycles. The minimum absolute atomic E-state index is 0.704. The molecule has 0 fully saturated rings. The van der Waals surface area contributed by atoms with Gasteiger partial charge in [0.05, 0.1) is 33.8 Å². The maximum Gasteiger partial charge on any atom is 0.0835 e. The van der Waals surface area contributed by atoms with Crippen molar-refractivity contribution in [2.75, 3.05) is 7.05 Å². The van der Waals surface area contributed by atoms with E-state index in [0.29, 0.717) is 6.54 Å². The van der Waals surface area contributed by atoms with Crippen molar-refractivity contribution in [3.63, 3.8) is 0 Å². The molecule has 5 heteroatoms. The van der Waals surface area contributed by atoms with Crippen LogP contribution in [0.4, 0.5) is 0 Å². The third kappa shape index (κ3) is 2.79. The van der Waals surface area contributed by atoms with Gasteiger partial charge in [-0.25, -0.2) is 0 Å². The molecule has 96 valence electrons. The molecule has 0 saturated heterocycles. The topological polar surface area (TPSA) is 42.7 Å². The van der Waals surface area contributed by atoms with Crippen LogP contribution in [0.15, 0.2) is 22.7 Å². The summed E-state index contributed by atoms with van der Waals surface area (Å²) in [6.07, 6.45) is 0. The first-order valence-corrected chi connectivity index (χ1v) is 6.70. The highest BCUT2D eigenvalue weighted by Gasteiger charge is 2.09. The van der Waals surface area contributed by atoms with E-state index in [1.54, 1.807) is 0 Å². The lowest BCUT2D eigenvalue weighted by Crippen LogP contribution is -2.10. The Bertz CT molecular complexity index is 548. The molecule has 1 N–H and O–H groups in total. The number of hydrogen-bond donors (Lipinski definition) is 1. The zero-order valence-electron chi connectivity index (χ0n) is 10.9. The third-order valence-corrected chi connectivity index (χ3v) is 3.97. The molecule has 0 atom stereocenters. The Balaban J connectivity index is 2.23. The van der Waals surface area contributed by atoms with Crippen LogP contribution in [0.5, 0.6) is 0 Å². The summed E-state index contributed by atoms with van der Waals surface area (Å²) in [5, 5.41) is 7.60. The van der Waals surface area contributed by atoms with E-state index >= 15 is 0 Å². The Morgan fingerprint density at radius 2 is 2.00 bits per heavy atom. The van der Waals surface area contributed by atoms with Gasteiger partial charge in [-0.05, 0) is 49.0 Å². The van der Waals surface area contributed by atoms with E-state index in [4.69, 9.17) is 0 Å². The van der Waals surface area contributed by atoms with Gasteiger partial charge in [0, 0.05) is 6.54 Å². The zero-order valence-corrected chi connectivity index (χ0v) is 12.5. The molecular formula is C13H17BrN4. The molecule has 0 bridgehead atoms. The molecule has 2 aromatic heterocycles. The van der Waals surface area contributed by atoms with Gasteiger partial charge in [0.25, 0.3) is 0 Å². The molecule has 4 nitrogen and oxygen atoms in total. The lowest BCUT2D eigenvalue weighted by molar-refractivity contribution is 0.641. The fourth-order valence-corrected chi connectivity index (χ4v) is 2.16. The average Bonchev–Trinajstić information content (AvgIpc) is 2.58. The van der Waals surface area contributed by atoms with Gasteiger partial charge in [-0.15, -0.1) is 0 Å². The summed E-state index contributed by atoms with van der Waals surface area (Å²) in [5.74, 6) is 0. The summed E-state index contributed by atoms with van der Waals surface area (Å²) in [7, 11) is 1.92. The third-order valence-electron chi connectivity index (χ3n) is 2.83. The van der Waals surface area contributed by atoms with Gasteiger partial charge in [0.2, 0.25) is 0 Å². The van der Waals surface area contributed by atoms with Crippen LogP contribution in [0.3, 0.4) is 0 Å². The predicted octanol–water partition coefficient (Wildman–Crippen LogP) is 2.43. The first-order chi connectivity index (χ1) is 8.61. The van der Waals surface area contributed by atoms with Crippen molar-refractivity contribution in [2.45, 2.75) is 26.9 Å².